The minimum atomic E-state index is -4.57. The van der Waals surface area contributed by atoms with Crippen molar-refractivity contribution >= 4 is 17.5 Å². The molecule has 0 spiro atoms. The third-order valence-corrected chi connectivity index (χ3v) is 3.54. The van der Waals surface area contributed by atoms with Crippen LogP contribution in [0.25, 0.3) is 0 Å². The lowest BCUT2D eigenvalue weighted by Crippen LogP contribution is -2.34. The summed E-state index contributed by atoms with van der Waals surface area (Å²) in [4.78, 5) is 23.7. The van der Waals surface area contributed by atoms with Gasteiger partial charge in [-0.3, -0.25) is 9.59 Å². The van der Waals surface area contributed by atoms with E-state index < -0.39 is 36.5 Å². The molecule has 2 amide bonds. The first-order valence-electron chi connectivity index (χ1n) is 7.25. The van der Waals surface area contributed by atoms with Gasteiger partial charge in [0.1, 0.15) is 18.5 Å². The van der Waals surface area contributed by atoms with Crippen LogP contribution in [0.3, 0.4) is 0 Å². The van der Waals surface area contributed by atoms with Gasteiger partial charge in [-0.25, -0.2) is 4.39 Å². The van der Waals surface area contributed by atoms with Gasteiger partial charge in [-0.1, -0.05) is 0 Å². The lowest BCUT2D eigenvalue weighted by atomic mass is 10.1. The minimum absolute atomic E-state index is 0.0210. The molecular formula is C15H16F4N2O3. The van der Waals surface area contributed by atoms with Crippen LogP contribution in [0, 0.1) is 12.7 Å². The molecule has 1 atom stereocenters. The molecule has 132 valence electrons. The number of carbonyl (C=O) groups excluding carboxylic acids is 2. The van der Waals surface area contributed by atoms with Crippen LogP contribution in [0.2, 0.25) is 0 Å². The topological polar surface area (TPSA) is 67.4 Å². The zero-order valence-electron chi connectivity index (χ0n) is 12.8. The SMILES string of the molecule is Cc1c(F)cc(C(=O)NCC(F)(F)F)cc1NC(=O)C1CCCO1. The van der Waals surface area contributed by atoms with Crippen molar-refractivity contribution in [2.75, 3.05) is 18.5 Å². The number of halogens is 4. The Hall–Kier alpha value is -2.16. The van der Waals surface area contributed by atoms with Gasteiger partial charge in [0.25, 0.3) is 11.8 Å². The van der Waals surface area contributed by atoms with Crippen molar-refractivity contribution in [1.29, 1.82) is 0 Å². The Bertz CT molecular complexity index is 640. The van der Waals surface area contributed by atoms with Gasteiger partial charge in [0.05, 0.1) is 0 Å². The predicted molar refractivity (Wildman–Crippen MR) is 77.1 cm³/mol. The first-order chi connectivity index (χ1) is 11.2. The monoisotopic (exact) mass is 348 g/mol. The van der Waals surface area contributed by atoms with Crippen LogP contribution in [0.5, 0.6) is 0 Å². The first-order valence-corrected chi connectivity index (χ1v) is 7.25. The summed E-state index contributed by atoms with van der Waals surface area (Å²) >= 11 is 0. The lowest BCUT2D eigenvalue weighted by molar-refractivity contribution is -0.124. The number of ether oxygens (including phenoxy) is 1. The molecule has 1 heterocycles. The van der Waals surface area contributed by atoms with Crippen LogP contribution in [-0.4, -0.2) is 37.2 Å². The summed E-state index contributed by atoms with van der Waals surface area (Å²) in [6, 6.07) is 1.96. The number of alkyl halides is 3. The molecule has 0 bridgehead atoms. The average molecular weight is 348 g/mol. The second kappa shape index (κ2) is 7.16. The van der Waals surface area contributed by atoms with Crippen LogP contribution in [0.4, 0.5) is 23.2 Å². The van der Waals surface area contributed by atoms with E-state index >= 15 is 0 Å². The second-order valence-electron chi connectivity index (χ2n) is 5.42. The minimum Gasteiger partial charge on any atom is -0.368 e. The fraction of sp³-hybridized carbons (Fsp3) is 0.467. The molecule has 0 aliphatic carbocycles. The maximum absolute atomic E-state index is 13.9. The third-order valence-electron chi connectivity index (χ3n) is 3.54. The number of benzene rings is 1. The summed E-state index contributed by atoms with van der Waals surface area (Å²) in [5.74, 6) is -2.38. The van der Waals surface area contributed by atoms with E-state index in [1.807, 2.05) is 0 Å². The van der Waals surface area contributed by atoms with E-state index in [0.717, 1.165) is 18.6 Å². The molecule has 1 aromatic carbocycles. The molecule has 24 heavy (non-hydrogen) atoms. The van der Waals surface area contributed by atoms with Crippen molar-refractivity contribution in [3.63, 3.8) is 0 Å². The highest BCUT2D eigenvalue weighted by atomic mass is 19.4. The number of rotatable bonds is 4. The van der Waals surface area contributed by atoms with Crippen molar-refractivity contribution < 1.29 is 31.9 Å². The molecule has 1 aliphatic heterocycles. The van der Waals surface area contributed by atoms with Gasteiger partial charge in [-0.2, -0.15) is 13.2 Å². The number of hydrogen-bond donors (Lipinski definition) is 2. The molecule has 0 radical (unpaired) electrons. The maximum atomic E-state index is 13.9. The van der Waals surface area contributed by atoms with Crippen molar-refractivity contribution in [1.82, 2.24) is 5.32 Å². The molecular weight excluding hydrogens is 332 g/mol. The number of hydrogen-bond acceptors (Lipinski definition) is 3. The summed E-state index contributed by atoms with van der Waals surface area (Å²) in [5.41, 5.74) is -0.216. The number of carbonyl (C=O) groups is 2. The molecule has 1 aromatic rings. The number of anilines is 1. The van der Waals surface area contributed by atoms with Gasteiger partial charge < -0.3 is 15.4 Å². The van der Waals surface area contributed by atoms with Gasteiger partial charge in [-0.15, -0.1) is 0 Å². The zero-order valence-corrected chi connectivity index (χ0v) is 12.8. The fourth-order valence-corrected chi connectivity index (χ4v) is 2.22. The molecule has 2 N–H and O–H groups in total. The number of nitrogens with one attached hydrogen (secondary N) is 2. The van der Waals surface area contributed by atoms with Crippen molar-refractivity contribution in [3.05, 3.63) is 29.1 Å². The van der Waals surface area contributed by atoms with Gasteiger partial charge in [-0.05, 0) is 31.9 Å². The largest absolute Gasteiger partial charge is 0.405 e. The lowest BCUT2D eigenvalue weighted by Gasteiger charge is -2.15. The van der Waals surface area contributed by atoms with Gasteiger partial charge in [0, 0.05) is 23.4 Å². The van der Waals surface area contributed by atoms with Crippen molar-refractivity contribution in [2.24, 2.45) is 0 Å². The molecule has 1 unspecified atom stereocenters. The highest BCUT2D eigenvalue weighted by Crippen LogP contribution is 2.23. The maximum Gasteiger partial charge on any atom is 0.405 e. The van der Waals surface area contributed by atoms with Crippen molar-refractivity contribution in [2.45, 2.75) is 32.0 Å². The summed E-state index contributed by atoms with van der Waals surface area (Å²) in [7, 11) is 0. The Kier molecular flexibility index (Phi) is 5.43. The average Bonchev–Trinajstić information content (AvgIpc) is 3.02. The summed E-state index contributed by atoms with van der Waals surface area (Å²) in [6.07, 6.45) is -3.98. The quantitative estimate of drug-likeness (QED) is 0.822. The first kappa shape index (κ1) is 18.2. The van der Waals surface area contributed by atoms with E-state index in [9.17, 15) is 27.2 Å². The van der Waals surface area contributed by atoms with Gasteiger partial charge in [0.15, 0.2) is 0 Å². The molecule has 5 nitrogen and oxygen atoms in total. The summed E-state index contributed by atoms with van der Waals surface area (Å²) in [6.45, 7) is 0.308. The molecule has 1 aliphatic rings. The van der Waals surface area contributed by atoms with E-state index in [0.29, 0.717) is 13.0 Å². The van der Waals surface area contributed by atoms with Crippen LogP contribution in [0.15, 0.2) is 12.1 Å². The van der Waals surface area contributed by atoms with Crippen LogP contribution < -0.4 is 10.6 Å². The molecule has 0 aromatic heterocycles. The van der Waals surface area contributed by atoms with Gasteiger partial charge in [0.2, 0.25) is 0 Å². The van der Waals surface area contributed by atoms with Crippen LogP contribution in [0.1, 0.15) is 28.8 Å². The molecule has 1 saturated heterocycles. The van der Waals surface area contributed by atoms with Crippen LogP contribution in [-0.2, 0) is 9.53 Å². The molecule has 0 saturated carbocycles. The Morgan fingerprint density at radius 2 is 2.04 bits per heavy atom. The Morgan fingerprint density at radius 1 is 1.33 bits per heavy atom. The Balaban J connectivity index is 2.15. The molecule has 9 heteroatoms. The summed E-state index contributed by atoms with van der Waals surface area (Å²) in [5, 5.41) is 4.11. The van der Waals surface area contributed by atoms with Crippen molar-refractivity contribution in [3.8, 4) is 0 Å². The highest BCUT2D eigenvalue weighted by Gasteiger charge is 2.28. The predicted octanol–water partition coefficient (Wildman–Crippen LogP) is 2.54. The summed E-state index contributed by atoms with van der Waals surface area (Å²) < 4.78 is 55.5. The van der Waals surface area contributed by atoms with Crippen LogP contribution >= 0.6 is 0 Å². The third kappa shape index (κ3) is 4.67. The van der Waals surface area contributed by atoms with E-state index in [-0.39, 0.29) is 16.8 Å². The molecule has 2 rings (SSSR count). The van der Waals surface area contributed by atoms with E-state index in [1.165, 1.54) is 6.92 Å². The Labute approximate surface area is 135 Å². The Morgan fingerprint density at radius 3 is 2.62 bits per heavy atom. The van der Waals surface area contributed by atoms with E-state index in [1.54, 1.807) is 5.32 Å². The zero-order chi connectivity index (χ0) is 17.9. The number of amides is 2. The van der Waals surface area contributed by atoms with E-state index in [2.05, 4.69) is 5.32 Å². The highest BCUT2D eigenvalue weighted by molar-refractivity contribution is 5.99. The molecule has 1 fully saturated rings. The van der Waals surface area contributed by atoms with E-state index in [4.69, 9.17) is 4.74 Å². The normalized spacial score (nSPS) is 17.6. The standard InChI is InChI=1S/C15H16F4N2O3/c1-8-10(16)5-9(13(22)20-7-15(17,18)19)6-11(8)21-14(23)12-3-2-4-24-12/h5-6,12H,2-4,7H2,1H3,(H,20,22)(H,21,23). The second-order valence-corrected chi connectivity index (χ2v) is 5.42. The van der Waals surface area contributed by atoms with Gasteiger partial charge >= 0.3 is 6.18 Å². The smallest absolute Gasteiger partial charge is 0.368 e. The fourth-order valence-electron chi connectivity index (χ4n) is 2.22.